The van der Waals surface area contributed by atoms with Crippen LogP contribution in [0, 0.1) is 0 Å². The third kappa shape index (κ3) is 4.16. The average Bonchev–Trinajstić information content (AvgIpc) is 2.24. The molecule has 11 heteroatoms. The Bertz CT molecular complexity index is 542. The Morgan fingerprint density at radius 3 is 2.16 bits per heavy atom. The van der Waals surface area contributed by atoms with Gasteiger partial charge < -0.3 is 4.74 Å². The second kappa shape index (κ2) is 5.08. The van der Waals surface area contributed by atoms with Crippen LogP contribution in [0.3, 0.4) is 0 Å². The standard InChI is InChI=1S/C8H5ClF5NO3S/c9-19(16,17)5-1-2-6(15-3-5)18-4-7(10,11)8(12,13)14/h1-3H,4H2. The number of rotatable bonds is 4. The molecule has 0 saturated carbocycles. The summed E-state index contributed by atoms with van der Waals surface area (Å²) in [4.78, 5) is 2.80. The van der Waals surface area contributed by atoms with Crippen molar-refractivity contribution in [2.24, 2.45) is 0 Å². The molecular formula is C8H5ClF5NO3S. The lowest BCUT2D eigenvalue weighted by Crippen LogP contribution is -2.41. The molecule has 0 N–H and O–H groups in total. The van der Waals surface area contributed by atoms with E-state index in [4.69, 9.17) is 10.7 Å². The molecule has 0 saturated heterocycles. The van der Waals surface area contributed by atoms with Crippen molar-refractivity contribution in [1.82, 2.24) is 4.98 Å². The van der Waals surface area contributed by atoms with Crippen molar-refractivity contribution in [2.45, 2.75) is 17.0 Å². The van der Waals surface area contributed by atoms with Crippen LogP contribution in [0.4, 0.5) is 22.0 Å². The van der Waals surface area contributed by atoms with E-state index in [1.807, 2.05) is 0 Å². The largest absolute Gasteiger partial charge is 0.471 e. The molecule has 0 aliphatic heterocycles. The quantitative estimate of drug-likeness (QED) is 0.630. The van der Waals surface area contributed by atoms with Crippen molar-refractivity contribution in [3.63, 3.8) is 0 Å². The topological polar surface area (TPSA) is 56.3 Å². The van der Waals surface area contributed by atoms with Crippen LogP contribution in [-0.4, -0.2) is 32.1 Å². The zero-order valence-electron chi connectivity index (χ0n) is 8.79. The van der Waals surface area contributed by atoms with Gasteiger partial charge in [0.2, 0.25) is 5.88 Å². The highest BCUT2D eigenvalue weighted by molar-refractivity contribution is 8.13. The lowest BCUT2D eigenvalue weighted by molar-refractivity contribution is -0.290. The molecule has 108 valence electrons. The minimum atomic E-state index is -5.74. The molecule has 0 aliphatic carbocycles. The third-order valence-corrected chi connectivity index (χ3v) is 3.15. The van der Waals surface area contributed by atoms with E-state index in [0.717, 1.165) is 12.1 Å². The minimum absolute atomic E-state index is 0.441. The number of aromatic nitrogens is 1. The van der Waals surface area contributed by atoms with Crippen molar-refractivity contribution < 1.29 is 35.1 Å². The normalized spacial score (nSPS) is 13.4. The number of hydrogen-bond donors (Lipinski definition) is 0. The van der Waals surface area contributed by atoms with E-state index in [9.17, 15) is 30.4 Å². The van der Waals surface area contributed by atoms with Gasteiger partial charge in [-0.25, -0.2) is 13.4 Å². The zero-order valence-corrected chi connectivity index (χ0v) is 10.4. The zero-order chi connectivity index (χ0) is 14.9. The molecule has 1 aromatic rings. The molecule has 0 aliphatic rings. The second-order valence-electron chi connectivity index (χ2n) is 3.26. The number of halogens is 6. The summed E-state index contributed by atoms with van der Waals surface area (Å²) in [6, 6.07) is 1.66. The van der Waals surface area contributed by atoms with E-state index in [-0.39, 0.29) is 0 Å². The first-order valence-corrected chi connectivity index (χ1v) is 6.72. The molecule has 19 heavy (non-hydrogen) atoms. The monoisotopic (exact) mass is 325 g/mol. The predicted molar refractivity (Wildman–Crippen MR) is 53.8 cm³/mol. The second-order valence-corrected chi connectivity index (χ2v) is 5.83. The van der Waals surface area contributed by atoms with E-state index >= 15 is 0 Å². The maximum absolute atomic E-state index is 12.5. The highest BCUT2D eigenvalue weighted by Crippen LogP contribution is 2.35. The number of ether oxygens (including phenoxy) is 1. The van der Waals surface area contributed by atoms with E-state index in [1.54, 1.807) is 0 Å². The molecule has 0 bridgehead atoms. The van der Waals surface area contributed by atoms with Gasteiger partial charge in [-0.15, -0.1) is 0 Å². The van der Waals surface area contributed by atoms with Crippen LogP contribution in [0.15, 0.2) is 23.2 Å². The SMILES string of the molecule is O=S(=O)(Cl)c1ccc(OCC(F)(F)C(F)(F)F)nc1. The number of hydrogen-bond acceptors (Lipinski definition) is 4. The van der Waals surface area contributed by atoms with Gasteiger partial charge in [0.15, 0.2) is 6.61 Å². The van der Waals surface area contributed by atoms with Gasteiger partial charge in [0.25, 0.3) is 9.05 Å². The minimum Gasteiger partial charge on any atom is -0.471 e. The van der Waals surface area contributed by atoms with Gasteiger partial charge in [-0.2, -0.15) is 22.0 Å². The molecule has 1 rings (SSSR count). The Hall–Kier alpha value is -1.16. The molecule has 0 atom stereocenters. The van der Waals surface area contributed by atoms with Crippen LogP contribution in [-0.2, 0) is 9.05 Å². The fraction of sp³-hybridized carbons (Fsp3) is 0.375. The fourth-order valence-corrected chi connectivity index (χ4v) is 1.53. The lowest BCUT2D eigenvalue weighted by Gasteiger charge is -2.19. The van der Waals surface area contributed by atoms with Gasteiger partial charge in [-0.1, -0.05) is 0 Å². The molecule has 4 nitrogen and oxygen atoms in total. The van der Waals surface area contributed by atoms with Crippen LogP contribution in [0.1, 0.15) is 0 Å². The fourth-order valence-electron chi connectivity index (χ4n) is 0.843. The van der Waals surface area contributed by atoms with E-state index in [0.29, 0.717) is 6.20 Å². The number of alkyl halides is 5. The summed E-state index contributed by atoms with van der Waals surface area (Å²) in [7, 11) is 0.883. The Morgan fingerprint density at radius 2 is 1.79 bits per heavy atom. The van der Waals surface area contributed by atoms with Crippen LogP contribution < -0.4 is 4.74 Å². The molecule has 0 unspecified atom stereocenters. The third-order valence-electron chi connectivity index (χ3n) is 1.81. The molecule has 0 spiro atoms. The maximum Gasteiger partial charge on any atom is 0.456 e. The van der Waals surface area contributed by atoms with Gasteiger partial charge >= 0.3 is 12.1 Å². The van der Waals surface area contributed by atoms with Gasteiger partial charge in [0, 0.05) is 16.7 Å². The Labute approximate surface area is 108 Å². The Kier molecular flexibility index (Phi) is 4.25. The lowest BCUT2D eigenvalue weighted by atomic mass is 10.3. The van der Waals surface area contributed by atoms with Crippen molar-refractivity contribution >= 4 is 19.7 Å². The number of nitrogens with zero attached hydrogens (tertiary/aromatic N) is 1. The summed E-state index contributed by atoms with van der Waals surface area (Å²) in [5.74, 6) is -5.63. The summed E-state index contributed by atoms with van der Waals surface area (Å²) in [6.45, 7) is -1.96. The first kappa shape index (κ1) is 15.9. The van der Waals surface area contributed by atoms with Crippen LogP contribution in [0.2, 0.25) is 0 Å². The van der Waals surface area contributed by atoms with Crippen LogP contribution in [0.5, 0.6) is 5.88 Å². The van der Waals surface area contributed by atoms with Crippen LogP contribution in [0.25, 0.3) is 0 Å². The van der Waals surface area contributed by atoms with Gasteiger partial charge in [-0.3, -0.25) is 0 Å². The number of pyridine rings is 1. The molecule has 1 aromatic heterocycles. The predicted octanol–water partition coefficient (Wildman–Crippen LogP) is 2.59. The smallest absolute Gasteiger partial charge is 0.456 e. The van der Waals surface area contributed by atoms with Crippen molar-refractivity contribution in [2.75, 3.05) is 6.61 Å². The van der Waals surface area contributed by atoms with Crippen LogP contribution >= 0.6 is 10.7 Å². The van der Waals surface area contributed by atoms with E-state index in [2.05, 4.69) is 9.72 Å². The molecule has 0 aromatic carbocycles. The van der Waals surface area contributed by atoms with Gasteiger partial charge in [0.1, 0.15) is 4.90 Å². The molecule has 0 radical (unpaired) electrons. The van der Waals surface area contributed by atoms with Crippen molar-refractivity contribution in [3.05, 3.63) is 18.3 Å². The van der Waals surface area contributed by atoms with Crippen molar-refractivity contribution in [3.8, 4) is 5.88 Å². The summed E-state index contributed by atoms with van der Waals surface area (Å²) < 4.78 is 86.2. The van der Waals surface area contributed by atoms with Crippen molar-refractivity contribution in [1.29, 1.82) is 0 Å². The van der Waals surface area contributed by atoms with Gasteiger partial charge in [0.05, 0.1) is 6.20 Å². The maximum atomic E-state index is 12.5. The first-order valence-electron chi connectivity index (χ1n) is 4.41. The molecular weight excluding hydrogens is 321 g/mol. The molecule has 0 fully saturated rings. The molecule has 1 heterocycles. The summed E-state index contributed by atoms with van der Waals surface area (Å²) in [5.41, 5.74) is 0. The van der Waals surface area contributed by atoms with E-state index in [1.165, 1.54) is 0 Å². The highest BCUT2D eigenvalue weighted by atomic mass is 35.7. The van der Waals surface area contributed by atoms with E-state index < -0.39 is 38.5 Å². The molecule has 0 amide bonds. The summed E-state index contributed by atoms with van der Waals surface area (Å²) in [6.07, 6.45) is -5.07. The Morgan fingerprint density at radius 1 is 1.21 bits per heavy atom. The average molecular weight is 326 g/mol. The summed E-state index contributed by atoms with van der Waals surface area (Å²) >= 11 is 0. The summed E-state index contributed by atoms with van der Waals surface area (Å²) in [5, 5.41) is 0. The highest BCUT2D eigenvalue weighted by Gasteiger charge is 2.58. The Balaban J connectivity index is 2.76. The van der Waals surface area contributed by atoms with Gasteiger partial charge in [-0.05, 0) is 6.07 Å². The first-order chi connectivity index (χ1) is 8.43.